The number of imidazole rings is 1. The lowest BCUT2D eigenvalue weighted by molar-refractivity contribution is -0.686. The second-order valence-electron chi connectivity index (χ2n) is 4.57. The summed E-state index contributed by atoms with van der Waals surface area (Å²) in [6.07, 6.45) is 7.99. The van der Waals surface area contributed by atoms with Gasteiger partial charge in [-0.1, -0.05) is 12.7 Å². The van der Waals surface area contributed by atoms with Crippen LogP contribution in [0.2, 0.25) is 0 Å². The number of carboxylic acids is 1. The molecule has 1 rings (SSSR count). The van der Waals surface area contributed by atoms with Gasteiger partial charge in [0.05, 0.1) is 39.6 Å². The van der Waals surface area contributed by atoms with E-state index in [9.17, 15) is 9.90 Å². The van der Waals surface area contributed by atoms with Crippen molar-refractivity contribution in [3.05, 3.63) is 31.4 Å². The maximum atomic E-state index is 9.93. The molecule has 7 heteroatoms. The highest BCUT2D eigenvalue weighted by molar-refractivity contribution is 5.64. The summed E-state index contributed by atoms with van der Waals surface area (Å²) in [5.41, 5.74) is 0. The van der Waals surface area contributed by atoms with Crippen molar-refractivity contribution in [2.75, 3.05) is 40.1 Å². The molecule has 0 unspecified atom stereocenters. The van der Waals surface area contributed by atoms with Crippen LogP contribution in [0.1, 0.15) is 13.3 Å². The van der Waals surface area contributed by atoms with Crippen molar-refractivity contribution in [3.63, 3.8) is 0 Å². The molecule has 132 valence electrons. The molecule has 0 aromatic carbocycles. The van der Waals surface area contributed by atoms with Gasteiger partial charge >= 0.3 is 0 Å². The van der Waals surface area contributed by atoms with E-state index in [4.69, 9.17) is 14.2 Å². The maximum Gasteiger partial charge on any atom is 0.244 e. The monoisotopic (exact) mass is 328 g/mol. The molecule has 0 amide bonds. The van der Waals surface area contributed by atoms with E-state index in [-0.39, 0.29) is 13.0 Å². The number of hydrogen-bond acceptors (Lipinski definition) is 5. The molecular weight excluding hydrogens is 300 g/mol. The standard InChI is InChI=1S/C8H13N2.C8H16O5/c1-3-5-10-7-6-9(4-2)8-10;1-11-4-5-13-7-6-12-3-2-8(9)10/h3,6-8H,1,4-5H2,2H3;2-7H2,1H3,(H,9,10)/q+1;/p-1. The first-order valence-electron chi connectivity index (χ1n) is 7.64. The number of hydrogen-bond donors (Lipinski definition) is 0. The first-order valence-corrected chi connectivity index (χ1v) is 7.64. The number of nitrogens with zero attached hydrogens (tertiary/aromatic N) is 2. The lowest BCUT2D eigenvalue weighted by Gasteiger charge is -2.05. The fourth-order valence-corrected chi connectivity index (χ4v) is 1.50. The summed E-state index contributed by atoms with van der Waals surface area (Å²) in [6.45, 7) is 9.83. The molecule has 0 atom stereocenters. The second kappa shape index (κ2) is 15.2. The summed E-state index contributed by atoms with van der Waals surface area (Å²) >= 11 is 0. The predicted molar refractivity (Wildman–Crippen MR) is 83.6 cm³/mol. The molecule has 1 aromatic heterocycles. The molecule has 0 aliphatic heterocycles. The van der Waals surface area contributed by atoms with Crippen molar-refractivity contribution >= 4 is 5.97 Å². The van der Waals surface area contributed by atoms with Gasteiger partial charge in [0.25, 0.3) is 0 Å². The minimum atomic E-state index is -1.10. The molecule has 7 nitrogen and oxygen atoms in total. The first-order chi connectivity index (χ1) is 11.1. The zero-order valence-electron chi connectivity index (χ0n) is 14.1. The maximum absolute atomic E-state index is 9.93. The SMILES string of the molecule is C=CC[n+]1ccn(CC)c1.COCCOCCOCCC(=O)[O-]. The topological polar surface area (TPSA) is 76.6 Å². The zero-order valence-corrected chi connectivity index (χ0v) is 14.1. The minimum Gasteiger partial charge on any atom is -0.550 e. The summed E-state index contributed by atoms with van der Waals surface area (Å²) in [4.78, 5) is 9.93. The Bertz CT molecular complexity index is 420. The van der Waals surface area contributed by atoms with E-state index in [1.807, 2.05) is 12.3 Å². The fourth-order valence-electron chi connectivity index (χ4n) is 1.50. The van der Waals surface area contributed by atoms with Gasteiger partial charge in [-0.2, -0.15) is 0 Å². The van der Waals surface area contributed by atoms with Crippen LogP contribution in [0.15, 0.2) is 31.4 Å². The lowest BCUT2D eigenvalue weighted by Crippen LogP contribution is -2.29. The van der Waals surface area contributed by atoms with Crippen LogP contribution < -0.4 is 9.67 Å². The van der Waals surface area contributed by atoms with E-state index >= 15 is 0 Å². The van der Waals surface area contributed by atoms with Gasteiger partial charge < -0.3 is 24.1 Å². The second-order valence-corrected chi connectivity index (χ2v) is 4.57. The fraction of sp³-hybridized carbons (Fsp3) is 0.625. The molecule has 23 heavy (non-hydrogen) atoms. The Morgan fingerprint density at radius 1 is 1.26 bits per heavy atom. The number of carbonyl (C=O) groups is 1. The Morgan fingerprint density at radius 2 is 1.91 bits per heavy atom. The molecule has 0 aliphatic rings. The lowest BCUT2D eigenvalue weighted by atomic mass is 10.5. The van der Waals surface area contributed by atoms with E-state index in [0.717, 1.165) is 13.1 Å². The number of methoxy groups -OCH3 is 1. The van der Waals surface area contributed by atoms with Gasteiger partial charge in [-0.25, -0.2) is 9.13 Å². The van der Waals surface area contributed by atoms with Crippen LogP contribution in [0.3, 0.4) is 0 Å². The first kappa shape index (κ1) is 21.3. The van der Waals surface area contributed by atoms with Crippen molar-refractivity contribution in [2.24, 2.45) is 0 Å². The third kappa shape index (κ3) is 13.7. The van der Waals surface area contributed by atoms with Crippen molar-refractivity contribution in [1.29, 1.82) is 0 Å². The molecule has 1 aromatic rings. The number of ether oxygens (including phenoxy) is 3. The zero-order chi connectivity index (χ0) is 17.3. The third-order valence-corrected chi connectivity index (χ3v) is 2.71. The van der Waals surface area contributed by atoms with Gasteiger partial charge in [0.1, 0.15) is 18.9 Å². The van der Waals surface area contributed by atoms with Crippen molar-refractivity contribution in [2.45, 2.75) is 26.4 Å². The van der Waals surface area contributed by atoms with Crippen molar-refractivity contribution < 1.29 is 28.7 Å². The summed E-state index contributed by atoms with van der Waals surface area (Å²) in [6, 6.07) is 0. The Labute approximate surface area is 138 Å². The predicted octanol–water partition coefficient (Wildman–Crippen LogP) is -0.212. The van der Waals surface area contributed by atoms with Gasteiger partial charge in [-0.15, -0.1) is 0 Å². The number of aliphatic carboxylic acids is 1. The third-order valence-electron chi connectivity index (χ3n) is 2.71. The number of rotatable bonds is 12. The van der Waals surface area contributed by atoms with Gasteiger partial charge in [0, 0.05) is 19.5 Å². The highest BCUT2D eigenvalue weighted by Gasteiger charge is 1.96. The van der Waals surface area contributed by atoms with Crippen LogP contribution in [0.25, 0.3) is 0 Å². The van der Waals surface area contributed by atoms with Crippen LogP contribution in [0.5, 0.6) is 0 Å². The highest BCUT2D eigenvalue weighted by Crippen LogP contribution is 1.83. The van der Waals surface area contributed by atoms with Crippen LogP contribution in [-0.2, 0) is 32.1 Å². The van der Waals surface area contributed by atoms with E-state index in [2.05, 4.69) is 35.2 Å². The number of carbonyl (C=O) groups excluding carboxylic acids is 1. The van der Waals surface area contributed by atoms with E-state index in [1.165, 1.54) is 0 Å². The van der Waals surface area contributed by atoms with Crippen LogP contribution in [-0.4, -0.2) is 50.7 Å². The van der Waals surface area contributed by atoms with E-state index < -0.39 is 5.97 Å². The van der Waals surface area contributed by atoms with Gasteiger partial charge in [-0.05, 0) is 6.92 Å². The normalized spacial score (nSPS) is 10.0. The van der Waals surface area contributed by atoms with Crippen molar-refractivity contribution in [3.8, 4) is 0 Å². The average Bonchev–Trinajstić information content (AvgIpc) is 2.98. The van der Waals surface area contributed by atoms with Gasteiger partial charge in [0.15, 0.2) is 0 Å². The summed E-state index contributed by atoms with van der Waals surface area (Å²) in [7, 11) is 1.60. The number of aromatic nitrogens is 2. The van der Waals surface area contributed by atoms with E-state index in [0.29, 0.717) is 26.4 Å². The Kier molecular flexibility index (Phi) is 14.1. The Balaban J connectivity index is 0.000000433. The molecule has 0 fully saturated rings. The van der Waals surface area contributed by atoms with Crippen LogP contribution >= 0.6 is 0 Å². The highest BCUT2D eigenvalue weighted by atomic mass is 16.5. The molecule has 0 saturated heterocycles. The minimum absolute atomic E-state index is 0.0714. The Morgan fingerprint density at radius 3 is 2.43 bits per heavy atom. The quantitative estimate of drug-likeness (QED) is 0.301. The molecule has 1 heterocycles. The number of carboxylic acid groups (broad SMARTS) is 1. The molecule has 0 aliphatic carbocycles. The molecule has 0 N–H and O–H groups in total. The van der Waals surface area contributed by atoms with E-state index in [1.54, 1.807) is 7.11 Å². The summed E-state index contributed by atoms with van der Waals surface area (Å²) in [5.74, 6) is -1.10. The number of allylic oxidation sites excluding steroid dienone is 1. The molecule has 0 bridgehead atoms. The largest absolute Gasteiger partial charge is 0.550 e. The van der Waals surface area contributed by atoms with Gasteiger partial charge in [0.2, 0.25) is 6.33 Å². The molecular formula is C16H28N2O5. The molecule has 0 spiro atoms. The molecule has 0 radical (unpaired) electrons. The van der Waals surface area contributed by atoms with Crippen LogP contribution in [0.4, 0.5) is 0 Å². The smallest absolute Gasteiger partial charge is 0.244 e. The van der Waals surface area contributed by atoms with Crippen molar-refractivity contribution in [1.82, 2.24) is 4.57 Å². The summed E-state index contributed by atoms with van der Waals surface area (Å²) in [5, 5.41) is 9.93. The van der Waals surface area contributed by atoms with Gasteiger partial charge in [-0.3, -0.25) is 0 Å². The molecule has 0 saturated carbocycles. The average molecular weight is 328 g/mol. The Hall–Kier alpha value is -1.70. The van der Waals surface area contributed by atoms with Crippen LogP contribution in [0, 0.1) is 0 Å². The summed E-state index contributed by atoms with van der Waals surface area (Å²) < 4.78 is 19.0. The number of aryl methyl sites for hydroxylation is 1.